The Kier molecular flexibility index (Phi) is 8.12. The summed E-state index contributed by atoms with van der Waals surface area (Å²) in [5, 5.41) is 2.92. The van der Waals surface area contributed by atoms with Crippen LogP contribution in [-0.4, -0.2) is 61.2 Å². The molecule has 0 saturated carbocycles. The van der Waals surface area contributed by atoms with Crippen LogP contribution in [0.15, 0.2) is 53.4 Å². The summed E-state index contributed by atoms with van der Waals surface area (Å²) in [5.74, 6) is -0.117. The zero-order valence-corrected chi connectivity index (χ0v) is 21.0. The van der Waals surface area contributed by atoms with E-state index < -0.39 is 10.0 Å². The van der Waals surface area contributed by atoms with Crippen LogP contribution in [0.4, 0.5) is 4.79 Å². The van der Waals surface area contributed by atoms with Crippen molar-refractivity contribution in [3.63, 3.8) is 0 Å². The van der Waals surface area contributed by atoms with Crippen LogP contribution >= 0.6 is 0 Å². The third-order valence-corrected chi connectivity index (χ3v) is 7.44. The van der Waals surface area contributed by atoms with E-state index >= 15 is 0 Å². The second-order valence-electron chi connectivity index (χ2n) is 9.35. The molecule has 0 spiro atoms. The van der Waals surface area contributed by atoms with Gasteiger partial charge in [-0.25, -0.2) is 13.2 Å². The average Bonchev–Trinajstić information content (AvgIpc) is 2.81. The van der Waals surface area contributed by atoms with Gasteiger partial charge in [0.1, 0.15) is 0 Å². The van der Waals surface area contributed by atoms with Gasteiger partial charge in [-0.05, 0) is 51.0 Å². The third-order valence-electron chi connectivity index (χ3n) is 5.53. The molecular weight excluding hydrogens is 454 g/mol. The van der Waals surface area contributed by atoms with Crippen LogP contribution in [0.1, 0.15) is 49.2 Å². The van der Waals surface area contributed by atoms with Crippen molar-refractivity contribution in [1.29, 1.82) is 0 Å². The zero-order chi connectivity index (χ0) is 24.9. The number of ether oxygens (including phenoxy) is 1. The maximum absolute atomic E-state index is 12.9. The molecule has 2 amide bonds. The van der Waals surface area contributed by atoms with E-state index in [4.69, 9.17) is 4.74 Å². The minimum atomic E-state index is -3.68. The lowest BCUT2D eigenvalue weighted by molar-refractivity contribution is -0.0149. The fraction of sp³-hybridized carbons (Fsp3) is 0.440. The molecule has 2 aromatic carbocycles. The number of amides is 2. The highest BCUT2D eigenvalue weighted by molar-refractivity contribution is 7.89. The fourth-order valence-corrected chi connectivity index (χ4v) is 4.98. The van der Waals surface area contributed by atoms with E-state index in [2.05, 4.69) is 5.32 Å². The first-order chi connectivity index (χ1) is 16.0. The molecule has 1 fully saturated rings. The van der Waals surface area contributed by atoms with E-state index in [0.717, 1.165) is 11.1 Å². The number of benzene rings is 2. The van der Waals surface area contributed by atoms with Gasteiger partial charge in [0.2, 0.25) is 10.0 Å². The molecule has 34 heavy (non-hydrogen) atoms. The Balaban J connectivity index is 1.51. The average molecular weight is 488 g/mol. The van der Waals surface area contributed by atoms with Crippen LogP contribution in [0.3, 0.4) is 0 Å². The molecule has 1 heterocycles. The maximum Gasteiger partial charge on any atom is 0.317 e. The monoisotopic (exact) mass is 487 g/mol. The van der Waals surface area contributed by atoms with Gasteiger partial charge in [0.05, 0.1) is 17.1 Å². The van der Waals surface area contributed by atoms with E-state index in [9.17, 15) is 18.0 Å². The van der Waals surface area contributed by atoms with Crippen LogP contribution in [0.5, 0.6) is 0 Å². The summed E-state index contributed by atoms with van der Waals surface area (Å²) >= 11 is 0. The van der Waals surface area contributed by atoms with E-state index in [0.29, 0.717) is 31.8 Å². The SMILES string of the molecule is CC(=O)c1ccc(S(=O)(=O)N2CCN(C(=O)NCc3cccc(COC(C)(C)C)c3)CC2)cc1. The number of nitrogens with zero attached hydrogens (tertiary/aromatic N) is 2. The molecule has 3 rings (SSSR count). The van der Waals surface area contributed by atoms with Crippen LogP contribution in [-0.2, 0) is 27.9 Å². The van der Waals surface area contributed by atoms with Crippen LogP contribution in [0.25, 0.3) is 0 Å². The van der Waals surface area contributed by atoms with Gasteiger partial charge in [-0.3, -0.25) is 4.79 Å². The normalized spacial score (nSPS) is 15.2. The highest BCUT2D eigenvalue weighted by atomic mass is 32.2. The van der Waals surface area contributed by atoms with Gasteiger partial charge in [-0.15, -0.1) is 0 Å². The maximum atomic E-state index is 12.9. The Bertz CT molecular complexity index is 1120. The molecule has 0 bridgehead atoms. The predicted octanol–water partition coefficient (Wildman–Crippen LogP) is 3.42. The number of hydrogen-bond acceptors (Lipinski definition) is 5. The summed E-state index contributed by atoms with van der Waals surface area (Å²) < 4.78 is 33.0. The van der Waals surface area contributed by atoms with Gasteiger partial charge < -0.3 is 15.0 Å². The van der Waals surface area contributed by atoms with E-state index in [1.165, 1.54) is 35.5 Å². The van der Waals surface area contributed by atoms with E-state index in [1.54, 1.807) is 4.90 Å². The molecule has 1 N–H and O–H groups in total. The van der Waals surface area contributed by atoms with Crippen molar-refractivity contribution in [2.75, 3.05) is 26.2 Å². The number of ketones is 1. The second kappa shape index (κ2) is 10.7. The molecule has 9 heteroatoms. The lowest BCUT2D eigenvalue weighted by Crippen LogP contribution is -2.52. The van der Waals surface area contributed by atoms with Gasteiger partial charge in [-0.2, -0.15) is 4.31 Å². The molecular formula is C25H33N3O5S. The molecule has 1 aliphatic heterocycles. The van der Waals surface area contributed by atoms with Crippen molar-refractivity contribution < 1.29 is 22.7 Å². The number of carbonyl (C=O) groups excluding carboxylic acids is 2. The highest BCUT2D eigenvalue weighted by Gasteiger charge is 2.30. The number of nitrogens with one attached hydrogen (secondary N) is 1. The Hall–Kier alpha value is -2.75. The minimum Gasteiger partial charge on any atom is -0.371 e. The van der Waals surface area contributed by atoms with Crippen molar-refractivity contribution in [2.45, 2.75) is 51.3 Å². The van der Waals surface area contributed by atoms with Gasteiger partial charge in [0.15, 0.2) is 5.78 Å². The number of hydrogen-bond donors (Lipinski definition) is 1. The smallest absolute Gasteiger partial charge is 0.317 e. The molecule has 0 aromatic heterocycles. The molecule has 0 atom stereocenters. The Morgan fingerprint density at radius 2 is 1.59 bits per heavy atom. The van der Waals surface area contributed by atoms with Crippen molar-refractivity contribution in [1.82, 2.24) is 14.5 Å². The molecule has 0 radical (unpaired) electrons. The summed E-state index contributed by atoms with van der Waals surface area (Å²) in [6.45, 7) is 9.36. The predicted molar refractivity (Wildman–Crippen MR) is 130 cm³/mol. The highest BCUT2D eigenvalue weighted by Crippen LogP contribution is 2.19. The molecule has 1 saturated heterocycles. The van der Waals surface area contributed by atoms with Crippen molar-refractivity contribution in [3.8, 4) is 0 Å². The van der Waals surface area contributed by atoms with E-state index in [-0.39, 0.29) is 35.4 Å². The molecule has 0 unspecified atom stereocenters. The second-order valence-corrected chi connectivity index (χ2v) is 11.3. The minimum absolute atomic E-state index is 0.117. The summed E-state index contributed by atoms with van der Waals surface area (Å²) in [4.78, 5) is 25.8. The van der Waals surface area contributed by atoms with Crippen molar-refractivity contribution in [2.24, 2.45) is 0 Å². The number of piperazine rings is 1. The first-order valence-corrected chi connectivity index (χ1v) is 12.8. The fourth-order valence-electron chi connectivity index (χ4n) is 3.56. The Morgan fingerprint density at radius 3 is 2.18 bits per heavy atom. The topological polar surface area (TPSA) is 96.0 Å². The van der Waals surface area contributed by atoms with Gasteiger partial charge in [-0.1, -0.05) is 36.4 Å². The summed E-state index contributed by atoms with van der Waals surface area (Å²) in [5.41, 5.74) is 2.25. The quantitative estimate of drug-likeness (QED) is 0.604. The van der Waals surface area contributed by atoms with Gasteiger partial charge in [0, 0.05) is 38.3 Å². The van der Waals surface area contributed by atoms with Crippen molar-refractivity contribution >= 4 is 21.8 Å². The van der Waals surface area contributed by atoms with Crippen LogP contribution in [0.2, 0.25) is 0 Å². The van der Waals surface area contributed by atoms with Gasteiger partial charge in [0.25, 0.3) is 0 Å². The molecule has 0 aliphatic carbocycles. The number of urea groups is 1. The standard InChI is InChI=1S/C25H33N3O5S/c1-19(29)22-8-10-23(11-9-22)34(31,32)28-14-12-27(13-15-28)24(30)26-17-20-6-5-7-21(16-20)18-33-25(2,3)4/h5-11,16H,12-15,17-18H2,1-4H3,(H,26,30). The molecule has 1 aliphatic rings. The number of sulfonamides is 1. The van der Waals surface area contributed by atoms with Crippen LogP contribution in [0, 0.1) is 0 Å². The summed E-state index contributed by atoms with van der Waals surface area (Å²) in [6.07, 6.45) is 0. The van der Waals surface area contributed by atoms with E-state index in [1.807, 2.05) is 45.0 Å². The largest absolute Gasteiger partial charge is 0.371 e. The first kappa shape index (κ1) is 25.9. The molecule has 2 aromatic rings. The number of carbonyl (C=O) groups is 2. The zero-order valence-electron chi connectivity index (χ0n) is 20.2. The third kappa shape index (κ3) is 6.88. The van der Waals surface area contributed by atoms with Crippen molar-refractivity contribution in [3.05, 3.63) is 65.2 Å². The first-order valence-electron chi connectivity index (χ1n) is 11.3. The number of Topliss-reactive ketones (excluding diaryl/α,β-unsaturated/α-hetero) is 1. The lowest BCUT2D eigenvalue weighted by Gasteiger charge is -2.34. The van der Waals surface area contributed by atoms with Crippen LogP contribution < -0.4 is 5.32 Å². The number of rotatable bonds is 7. The summed E-state index contributed by atoms with van der Waals surface area (Å²) in [6, 6.07) is 13.6. The summed E-state index contributed by atoms with van der Waals surface area (Å²) in [7, 11) is -3.68. The Morgan fingerprint density at radius 1 is 0.971 bits per heavy atom. The van der Waals surface area contributed by atoms with Gasteiger partial charge >= 0.3 is 6.03 Å². The Labute approximate surface area is 201 Å². The molecule has 8 nitrogen and oxygen atoms in total. The lowest BCUT2D eigenvalue weighted by atomic mass is 10.1. The molecule has 184 valence electrons.